The van der Waals surface area contributed by atoms with Gasteiger partial charge in [-0.15, -0.1) is 10.2 Å². The first-order valence-corrected chi connectivity index (χ1v) is 9.37. The molecule has 1 aromatic heterocycles. The second-order valence-electron chi connectivity index (χ2n) is 7.38. The Morgan fingerprint density at radius 3 is 2.48 bits per heavy atom. The zero-order valence-corrected chi connectivity index (χ0v) is 16.7. The topological polar surface area (TPSA) is 60.9 Å². The Morgan fingerprint density at radius 1 is 1.11 bits per heavy atom. The molecule has 3 aromatic rings. The Balaban J connectivity index is 1.89. The van der Waals surface area contributed by atoms with Crippen LogP contribution in [0.1, 0.15) is 29.4 Å². The van der Waals surface area contributed by atoms with Gasteiger partial charge >= 0.3 is 0 Å². The fourth-order valence-corrected chi connectivity index (χ4v) is 4.08. The molecule has 1 N–H and O–H groups in total. The molecule has 1 aliphatic rings. The van der Waals surface area contributed by atoms with Gasteiger partial charge in [0.05, 0.1) is 5.54 Å². The summed E-state index contributed by atoms with van der Waals surface area (Å²) in [5, 5.41) is 15.1. The molecule has 4 rings (SSSR count). The molecular formula is C20H23ClN6. The molecule has 0 fully saturated rings. The fraction of sp³-hybridized carbons (Fsp3) is 0.350. The van der Waals surface area contributed by atoms with E-state index < -0.39 is 0 Å². The number of anilines is 2. The van der Waals surface area contributed by atoms with Gasteiger partial charge < -0.3 is 4.90 Å². The molecule has 7 heteroatoms. The van der Waals surface area contributed by atoms with E-state index in [1.165, 1.54) is 22.4 Å². The summed E-state index contributed by atoms with van der Waals surface area (Å²) < 4.78 is 0. The number of aryl methyl sites for hydroxylation is 1. The molecule has 140 valence electrons. The van der Waals surface area contributed by atoms with Crippen molar-refractivity contribution in [3.8, 4) is 0 Å². The molecule has 0 saturated heterocycles. The number of fused-ring (bicyclic) bond motifs is 2. The molecule has 0 radical (unpaired) electrons. The summed E-state index contributed by atoms with van der Waals surface area (Å²) >= 11 is 6.40. The van der Waals surface area contributed by atoms with E-state index in [0.717, 1.165) is 17.3 Å². The minimum atomic E-state index is -0.274. The molecule has 0 aliphatic carbocycles. The van der Waals surface area contributed by atoms with Crippen LogP contribution < -0.4 is 4.90 Å². The highest BCUT2D eigenvalue weighted by atomic mass is 35.5. The van der Waals surface area contributed by atoms with Crippen molar-refractivity contribution < 1.29 is 0 Å². The van der Waals surface area contributed by atoms with Gasteiger partial charge in [-0.05, 0) is 52.2 Å². The first kappa shape index (κ1) is 17.9. The lowest BCUT2D eigenvalue weighted by Crippen LogP contribution is -2.45. The number of aromatic amines is 1. The van der Waals surface area contributed by atoms with Crippen LogP contribution in [0, 0.1) is 6.92 Å². The molecule has 1 aliphatic heterocycles. The average Bonchev–Trinajstić information content (AvgIpc) is 3.15. The average molecular weight is 383 g/mol. The Kier molecular flexibility index (Phi) is 4.40. The van der Waals surface area contributed by atoms with Gasteiger partial charge in [0.15, 0.2) is 5.82 Å². The van der Waals surface area contributed by atoms with Crippen LogP contribution in [0.2, 0.25) is 5.02 Å². The predicted molar refractivity (Wildman–Crippen MR) is 108 cm³/mol. The number of halogens is 1. The molecule has 1 atom stereocenters. The van der Waals surface area contributed by atoms with Crippen molar-refractivity contribution in [3.63, 3.8) is 0 Å². The first-order valence-electron chi connectivity index (χ1n) is 8.99. The van der Waals surface area contributed by atoms with Crippen molar-refractivity contribution in [2.45, 2.75) is 25.8 Å². The zero-order chi connectivity index (χ0) is 19.2. The molecule has 0 bridgehead atoms. The summed E-state index contributed by atoms with van der Waals surface area (Å²) in [4.78, 5) is 4.60. The van der Waals surface area contributed by atoms with E-state index >= 15 is 0 Å². The number of benzene rings is 2. The molecule has 27 heavy (non-hydrogen) atoms. The minimum absolute atomic E-state index is 0.274. The molecule has 0 amide bonds. The van der Waals surface area contributed by atoms with Gasteiger partial charge in [-0.2, -0.15) is 5.21 Å². The third-order valence-corrected chi connectivity index (χ3v) is 5.82. The Hall–Kier alpha value is -2.44. The van der Waals surface area contributed by atoms with Gasteiger partial charge in [0.1, 0.15) is 0 Å². The number of rotatable bonds is 4. The zero-order valence-electron chi connectivity index (χ0n) is 16.0. The van der Waals surface area contributed by atoms with Crippen molar-refractivity contribution in [2.24, 2.45) is 0 Å². The van der Waals surface area contributed by atoms with Crippen LogP contribution in [0.5, 0.6) is 0 Å². The van der Waals surface area contributed by atoms with E-state index in [0.29, 0.717) is 12.2 Å². The van der Waals surface area contributed by atoms with Gasteiger partial charge in [-0.1, -0.05) is 34.5 Å². The predicted octanol–water partition coefficient (Wildman–Crippen LogP) is 3.68. The maximum atomic E-state index is 6.40. The monoisotopic (exact) mass is 382 g/mol. The Labute approximate surface area is 164 Å². The second kappa shape index (κ2) is 6.62. The molecule has 6 nitrogen and oxygen atoms in total. The van der Waals surface area contributed by atoms with Crippen molar-refractivity contribution in [3.05, 3.63) is 63.9 Å². The number of hydrogen-bond acceptors (Lipinski definition) is 5. The third-order valence-electron chi connectivity index (χ3n) is 5.58. The number of nitrogens with zero attached hydrogens (tertiary/aromatic N) is 5. The normalized spacial score (nSPS) is 18.5. The van der Waals surface area contributed by atoms with Crippen LogP contribution in [0.25, 0.3) is 0 Å². The Morgan fingerprint density at radius 2 is 1.81 bits per heavy atom. The van der Waals surface area contributed by atoms with Crippen molar-refractivity contribution in [1.82, 2.24) is 25.5 Å². The van der Waals surface area contributed by atoms with Gasteiger partial charge in [-0.3, -0.25) is 4.90 Å². The summed E-state index contributed by atoms with van der Waals surface area (Å²) in [6.45, 7) is 5.15. The van der Waals surface area contributed by atoms with Crippen molar-refractivity contribution in [1.29, 1.82) is 0 Å². The fourth-order valence-electron chi connectivity index (χ4n) is 3.91. The van der Waals surface area contributed by atoms with Crippen LogP contribution in [-0.4, -0.2) is 46.2 Å². The summed E-state index contributed by atoms with van der Waals surface area (Å²) in [6.07, 6.45) is 0.699. The maximum Gasteiger partial charge on any atom is 0.176 e. The van der Waals surface area contributed by atoms with Gasteiger partial charge in [0.25, 0.3) is 0 Å². The lowest BCUT2D eigenvalue weighted by molar-refractivity contribution is 0.221. The van der Waals surface area contributed by atoms with E-state index in [1.807, 2.05) is 6.07 Å². The van der Waals surface area contributed by atoms with E-state index in [9.17, 15) is 0 Å². The quantitative estimate of drug-likeness (QED) is 0.745. The highest BCUT2D eigenvalue weighted by molar-refractivity contribution is 6.30. The van der Waals surface area contributed by atoms with Gasteiger partial charge in [0, 0.05) is 40.5 Å². The minimum Gasteiger partial charge on any atom is -0.340 e. The smallest absolute Gasteiger partial charge is 0.176 e. The van der Waals surface area contributed by atoms with E-state index in [4.69, 9.17) is 11.6 Å². The standard InChI is InChI=1S/C20H23ClN6/c1-13-5-7-17-15(11-13)20(2,26(3)4)16-12-14(21)6-8-18(16)27(17)10-9-19-22-24-25-23-19/h5-8,11-12H,9-10H2,1-4H3,(H,22,23,24,25). The van der Waals surface area contributed by atoms with E-state index in [1.54, 1.807) is 0 Å². The molecular weight excluding hydrogens is 360 g/mol. The molecule has 0 saturated carbocycles. The number of H-pyrrole nitrogens is 1. The number of hydrogen-bond donors (Lipinski definition) is 1. The lowest BCUT2D eigenvalue weighted by atomic mass is 9.77. The number of tetrazole rings is 1. The van der Waals surface area contributed by atoms with E-state index in [2.05, 4.69) is 88.7 Å². The van der Waals surface area contributed by atoms with E-state index in [-0.39, 0.29) is 5.54 Å². The van der Waals surface area contributed by atoms with Crippen LogP contribution in [0.15, 0.2) is 36.4 Å². The highest BCUT2D eigenvalue weighted by Gasteiger charge is 2.41. The van der Waals surface area contributed by atoms with Crippen molar-refractivity contribution in [2.75, 3.05) is 25.5 Å². The summed E-state index contributed by atoms with van der Waals surface area (Å²) in [5.41, 5.74) is 5.81. The molecule has 2 aromatic carbocycles. The van der Waals surface area contributed by atoms with Crippen LogP contribution >= 0.6 is 11.6 Å². The van der Waals surface area contributed by atoms with Crippen LogP contribution in [-0.2, 0) is 12.0 Å². The number of nitrogens with one attached hydrogen (secondary N) is 1. The van der Waals surface area contributed by atoms with Crippen LogP contribution in [0.4, 0.5) is 11.4 Å². The van der Waals surface area contributed by atoms with Gasteiger partial charge in [0.2, 0.25) is 0 Å². The highest BCUT2D eigenvalue weighted by Crippen LogP contribution is 2.50. The molecule has 0 spiro atoms. The summed E-state index contributed by atoms with van der Waals surface area (Å²) in [7, 11) is 4.23. The Bertz CT molecular complexity index is 913. The SMILES string of the molecule is Cc1ccc2c(c1)C(C)(N(C)C)c1cc(Cl)ccc1N2CCc1nn[nH]n1. The van der Waals surface area contributed by atoms with Crippen LogP contribution in [0.3, 0.4) is 0 Å². The maximum absolute atomic E-state index is 6.40. The number of aromatic nitrogens is 4. The summed E-state index contributed by atoms with van der Waals surface area (Å²) in [5.74, 6) is 0.708. The molecule has 1 unspecified atom stereocenters. The molecule has 2 heterocycles. The largest absolute Gasteiger partial charge is 0.340 e. The van der Waals surface area contributed by atoms with Crippen molar-refractivity contribution >= 4 is 23.0 Å². The lowest BCUT2D eigenvalue weighted by Gasteiger charge is -2.47. The third kappa shape index (κ3) is 2.89. The van der Waals surface area contributed by atoms with Gasteiger partial charge in [-0.25, -0.2) is 0 Å². The second-order valence-corrected chi connectivity index (χ2v) is 7.81. The first-order chi connectivity index (χ1) is 12.9. The summed E-state index contributed by atoms with van der Waals surface area (Å²) in [6, 6.07) is 12.8.